The third-order valence-corrected chi connectivity index (χ3v) is 3.97. The summed E-state index contributed by atoms with van der Waals surface area (Å²) in [4.78, 5) is 16.6. The first-order chi connectivity index (χ1) is 9.61. The Morgan fingerprint density at radius 3 is 2.90 bits per heavy atom. The lowest BCUT2D eigenvalue weighted by Gasteiger charge is -2.02. The summed E-state index contributed by atoms with van der Waals surface area (Å²) in [5, 5.41) is 3.80. The van der Waals surface area contributed by atoms with E-state index >= 15 is 0 Å². The summed E-state index contributed by atoms with van der Waals surface area (Å²) in [6.45, 7) is 0. The van der Waals surface area contributed by atoms with Crippen LogP contribution in [0, 0.1) is 5.82 Å². The Kier molecular flexibility index (Phi) is 3.38. The molecule has 0 saturated heterocycles. The van der Waals surface area contributed by atoms with Crippen LogP contribution in [0.15, 0.2) is 42.5 Å². The lowest BCUT2D eigenvalue weighted by Crippen LogP contribution is -2.11. The standard InChI is InChI=1S/C14H8ClFN2OS/c15-12-2-1-3-13(17-12)18-14(19)11-6-8-4-5-9(16)7-10(8)20-11/h1-7H,(H,17,18,19). The molecule has 1 amide bonds. The molecule has 0 saturated carbocycles. The zero-order valence-electron chi connectivity index (χ0n) is 10.1. The Hall–Kier alpha value is -1.98. The van der Waals surface area contributed by atoms with Crippen molar-refractivity contribution in [1.82, 2.24) is 4.98 Å². The summed E-state index contributed by atoms with van der Waals surface area (Å²) in [5.74, 6) is -0.227. The van der Waals surface area contributed by atoms with Gasteiger partial charge in [-0.3, -0.25) is 4.79 Å². The Bertz CT molecular complexity index is 803. The van der Waals surface area contributed by atoms with Crippen LogP contribution in [-0.4, -0.2) is 10.9 Å². The van der Waals surface area contributed by atoms with Crippen molar-refractivity contribution in [1.29, 1.82) is 0 Å². The van der Waals surface area contributed by atoms with Crippen molar-refractivity contribution >= 4 is 44.7 Å². The highest BCUT2D eigenvalue weighted by molar-refractivity contribution is 7.20. The predicted molar refractivity (Wildman–Crippen MR) is 79.0 cm³/mol. The number of benzene rings is 1. The molecule has 0 unspecified atom stereocenters. The second kappa shape index (κ2) is 5.19. The van der Waals surface area contributed by atoms with Crippen molar-refractivity contribution in [2.75, 3.05) is 5.32 Å². The Morgan fingerprint density at radius 1 is 1.25 bits per heavy atom. The summed E-state index contributed by atoms with van der Waals surface area (Å²) < 4.78 is 13.9. The van der Waals surface area contributed by atoms with E-state index in [2.05, 4.69) is 10.3 Å². The Labute approximate surface area is 123 Å². The maximum Gasteiger partial charge on any atom is 0.266 e. The molecule has 2 aromatic heterocycles. The van der Waals surface area contributed by atoms with E-state index in [-0.39, 0.29) is 11.7 Å². The Morgan fingerprint density at radius 2 is 2.10 bits per heavy atom. The summed E-state index contributed by atoms with van der Waals surface area (Å²) >= 11 is 6.98. The van der Waals surface area contributed by atoms with Gasteiger partial charge in [-0.05, 0) is 35.7 Å². The second-order valence-corrected chi connectivity index (χ2v) is 5.56. The maximum atomic E-state index is 13.1. The SMILES string of the molecule is O=C(Nc1cccc(Cl)n1)c1cc2ccc(F)cc2s1. The van der Waals surface area contributed by atoms with E-state index < -0.39 is 0 Å². The van der Waals surface area contributed by atoms with Crippen LogP contribution < -0.4 is 5.32 Å². The number of rotatable bonds is 2. The molecule has 0 aliphatic carbocycles. The first-order valence-electron chi connectivity index (χ1n) is 5.75. The molecule has 3 aromatic rings. The summed E-state index contributed by atoms with van der Waals surface area (Å²) in [6.07, 6.45) is 0. The fraction of sp³-hybridized carbons (Fsp3) is 0. The number of thiophene rings is 1. The molecule has 1 N–H and O–H groups in total. The van der Waals surface area contributed by atoms with Crippen molar-refractivity contribution in [3.63, 3.8) is 0 Å². The molecule has 0 aliphatic rings. The molecule has 2 heterocycles. The van der Waals surface area contributed by atoms with E-state index in [1.807, 2.05) is 0 Å². The molecule has 0 spiro atoms. The van der Waals surface area contributed by atoms with E-state index in [1.165, 1.54) is 23.5 Å². The zero-order valence-corrected chi connectivity index (χ0v) is 11.6. The first-order valence-corrected chi connectivity index (χ1v) is 6.94. The number of halogens is 2. The van der Waals surface area contributed by atoms with Crippen LogP contribution in [0.1, 0.15) is 9.67 Å². The maximum absolute atomic E-state index is 13.1. The van der Waals surface area contributed by atoms with Crippen LogP contribution in [0.5, 0.6) is 0 Å². The fourth-order valence-electron chi connectivity index (χ4n) is 1.77. The average Bonchev–Trinajstić information content (AvgIpc) is 2.81. The smallest absolute Gasteiger partial charge is 0.266 e. The molecule has 20 heavy (non-hydrogen) atoms. The number of carbonyl (C=O) groups excluding carboxylic acids is 1. The van der Waals surface area contributed by atoms with Gasteiger partial charge in [0.15, 0.2) is 0 Å². The lowest BCUT2D eigenvalue weighted by atomic mass is 10.2. The molecule has 1 aromatic carbocycles. The van der Waals surface area contributed by atoms with Gasteiger partial charge in [-0.2, -0.15) is 0 Å². The largest absolute Gasteiger partial charge is 0.306 e. The fourth-order valence-corrected chi connectivity index (χ4v) is 2.92. The van der Waals surface area contributed by atoms with E-state index in [4.69, 9.17) is 11.6 Å². The number of carbonyl (C=O) groups is 1. The Balaban J connectivity index is 1.88. The van der Waals surface area contributed by atoms with E-state index in [1.54, 1.807) is 30.3 Å². The van der Waals surface area contributed by atoms with Crippen LogP contribution in [-0.2, 0) is 0 Å². The third kappa shape index (κ3) is 2.64. The minimum absolute atomic E-state index is 0.290. The number of nitrogens with one attached hydrogen (secondary N) is 1. The third-order valence-electron chi connectivity index (χ3n) is 2.66. The number of anilines is 1. The second-order valence-electron chi connectivity index (χ2n) is 4.09. The molecule has 0 fully saturated rings. The highest BCUT2D eigenvalue weighted by atomic mass is 35.5. The van der Waals surface area contributed by atoms with Crippen molar-refractivity contribution < 1.29 is 9.18 Å². The van der Waals surface area contributed by atoms with E-state index in [0.717, 1.165) is 10.1 Å². The molecule has 0 aliphatic heterocycles. The molecule has 100 valence electrons. The summed E-state index contributed by atoms with van der Waals surface area (Å²) in [7, 11) is 0. The van der Waals surface area contributed by atoms with Crippen molar-refractivity contribution in [3.8, 4) is 0 Å². The lowest BCUT2D eigenvalue weighted by molar-refractivity contribution is 0.103. The molecular formula is C14H8ClFN2OS. The number of fused-ring (bicyclic) bond motifs is 1. The molecule has 0 radical (unpaired) electrons. The van der Waals surface area contributed by atoms with Gasteiger partial charge in [0.2, 0.25) is 0 Å². The monoisotopic (exact) mass is 306 g/mol. The van der Waals surface area contributed by atoms with Crippen LogP contribution in [0.3, 0.4) is 0 Å². The van der Waals surface area contributed by atoms with Crippen molar-refractivity contribution in [3.05, 3.63) is 58.3 Å². The van der Waals surface area contributed by atoms with Crippen LogP contribution in [0.25, 0.3) is 10.1 Å². The van der Waals surface area contributed by atoms with E-state index in [0.29, 0.717) is 15.8 Å². The minimum atomic E-state index is -0.317. The molecule has 0 bridgehead atoms. The number of pyridine rings is 1. The van der Waals surface area contributed by atoms with Gasteiger partial charge in [-0.15, -0.1) is 11.3 Å². The highest BCUT2D eigenvalue weighted by Crippen LogP contribution is 2.27. The number of hydrogen-bond acceptors (Lipinski definition) is 3. The normalized spacial score (nSPS) is 10.7. The number of hydrogen-bond donors (Lipinski definition) is 1. The molecule has 3 rings (SSSR count). The van der Waals surface area contributed by atoms with E-state index in [9.17, 15) is 9.18 Å². The number of aromatic nitrogens is 1. The van der Waals surface area contributed by atoms with Crippen molar-refractivity contribution in [2.24, 2.45) is 0 Å². The summed E-state index contributed by atoms with van der Waals surface area (Å²) in [6, 6.07) is 11.1. The topological polar surface area (TPSA) is 42.0 Å². The molecule has 6 heteroatoms. The van der Waals surface area contributed by atoms with Gasteiger partial charge in [-0.1, -0.05) is 23.7 Å². The van der Waals surface area contributed by atoms with Gasteiger partial charge in [0.25, 0.3) is 5.91 Å². The quantitative estimate of drug-likeness (QED) is 0.716. The van der Waals surface area contributed by atoms with Gasteiger partial charge in [0.1, 0.15) is 16.8 Å². The van der Waals surface area contributed by atoms with Gasteiger partial charge in [0, 0.05) is 4.70 Å². The minimum Gasteiger partial charge on any atom is -0.306 e. The van der Waals surface area contributed by atoms with Crippen LogP contribution >= 0.6 is 22.9 Å². The molecule has 3 nitrogen and oxygen atoms in total. The molecular weight excluding hydrogens is 299 g/mol. The van der Waals surface area contributed by atoms with Crippen LogP contribution in [0.4, 0.5) is 10.2 Å². The van der Waals surface area contributed by atoms with Gasteiger partial charge in [0.05, 0.1) is 4.88 Å². The highest BCUT2D eigenvalue weighted by Gasteiger charge is 2.11. The summed E-state index contributed by atoms with van der Waals surface area (Å²) in [5.41, 5.74) is 0. The van der Waals surface area contributed by atoms with Crippen LogP contribution in [0.2, 0.25) is 5.15 Å². The van der Waals surface area contributed by atoms with Gasteiger partial charge < -0.3 is 5.32 Å². The number of amides is 1. The molecule has 0 atom stereocenters. The van der Waals surface area contributed by atoms with Crippen molar-refractivity contribution in [2.45, 2.75) is 0 Å². The van der Waals surface area contributed by atoms with Gasteiger partial charge in [-0.25, -0.2) is 9.37 Å². The zero-order chi connectivity index (χ0) is 14.1. The number of nitrogens with zero attached hydrogens (tertiary/aromatic N) is 1. The predicted octanol–water partition coefficient (Wildman–Crippen LogP) is 4.34. The first kappa shape index (κ1) is 13.0. The average molecular weight is 307 g/mol. The van der Waals surface area contributed by atoms with Gasteiger partial charge >= 0.3 is 0 Å².